The molecule has 1 fully saturated rings. The molecule has 2 aromatic carbocycles. The minimum atomic E-state index is -0.383. The molecule has 0 unspecified atom stereocenters. The second kappa shape index (κ2) is 8.86. The summed E-state index contributed by atoms with van der Waals surface area (Å²) in [6.07, 6.45) is 3.94. The van der Waals surface area contributed by atoms with E-state index in [-0.39, 0.29) is 24.1 Å². The number of benzene rings is 2. The number of carbonyl (C=O) groups is 2. The zero-order valence-electron chi connectivity index (χ0n) is 18.4. The molecule has 168 valence electrons. The van der Waals surface area contributed by atoms with Crippen LogP contribution in [-0.2, 0) is 16.1 Å². The first-order valence-corrected chi connectivity index (χ1v) is 11.0. The summed E-state index contributed by atoms with van der Waals surface area (Å²) >= 11 is 0. The molecule has 2 aliphatic heterocycles. The van der Waals surface area contributed by atoms with Gasteiger partial charge in [-0.05, 0) is 66.9 Å². The number of nitrogens with one attached hydrogen (secondary N) is 1. The maximum atomic E-state index is 13.4. The van der Waals surface area contributed by atoms with Crippen molar-refractivity contribution in [2.24, 2.45) is 0 Å². The van der Waals surface area contributed by atoms with Crippen LogP contribution in [-0.4, -0.2) is 36.9 Å². The number of furan rings is 1. The van der Waals surface area contributed by atoms with Crippen LogP contribution in [0.15, 0.2) is 77.0 Å². The first-order chi connectivity index (χ1) is 16.1. The van der Waals surface area contributed by atoms with Crippen LogP contribution in [0.4, 0.5) is 11.4 Å². The van der Waals surface area contributed by atoms with Gasteiger partial charge in [0.15, 0.2) is 0 Å². The SMILES string of the molecule is COc1ccc(C2=C(Nc3ccc(N4CCCC4)cc3)C(=O)N(Cc3ccco3)C2=O)cc1. The molecule has 0 saturated carbocycles. The zero-order chi connectivity index (χ0) is 22.8. The highest BCUT2D eigenvalue weighted by molar-refractivity contribution is 6.36. The highest BCUT2D eigenvalue weighted by atomic mass is 16.5. The molecule has 1 saturated heterocycles. The lowest BCUT2D eigenvalue weighted by Crippen LogP contribution is -2.31. The van der Waals surface area contributed by atoms with Crippen LogP contribution in [0.2, 0.25) is 0 Å². The van der Waals surface area contributed by atoms with Gasteiger partial charge in [0.25, 0.3) is 11.8 Å². The molecule has 1 N–H and O–H groups in total. The Kier molecular flexibility index (Phi) is 5.60. The number of amides is 2. The van der Waals surface area contributed by atoms with E-state index < -0.39 is 0 Å². The van der Waals surface area contributed by atoms with Crippen molar-refractivity contribution >= 4 is 28.8 Å². The van der Waals surface area contributed by atoms with E-state index in [0.29, 0.717) is 22.6 Å². The van der Waals surface area contributed by atoms with Gasteiger partial charge in [0, 0.05) is 24.5 Å². The van der Waals surface area contributed by atoms with Crippen LogP contribution in [0, 0.1) is 0 Å². The van der Waals surface area contributed by atoms with E-state index in [1.54, 1.807) is 43.5 Å². The first-order valence-electron chi connectivity index (χ1n) is 11.0. The van der Waals surface area contributed by atoms with Gasteiger partial charge < -0.3 is 19.4 Å². The van der Waals surface area contributed by atoms with Crippen molar-refractivity contribution in [2.45, 2.75) is 19.4 Å². The number of nitrogens with zero attached hydrogens (tertiary/aromatic N) is 2. The number of hydrogen-bond acceptors (Lipinski definition) is 6. The van der Waals surface area contributed by atoms with Crippen LogP contribution in [0.1, 0.15) is 24.2 Å². The Morgan fingerprint density at radius 1 is 0.939 bits per heavy atom. The van der Waals surface area contributed by atoms with E-state index in [2.05, 4.69) is 10.2 Å². The molecule has 0 aliphatic carbocycles. The third kappa shape index (κ3) is 4.09. The fourth-order valence-corrected chi connectivity index (χ4v) is 4.29. The normalized spacial score (nSPS) is 16.2. The molecule has 7 nitrogen and oxygen atoms in total. The van der Waals surface area contributed by atoms with Crippen LogP contribution in [0.25, 0.3) is 5.57 Å². The molecule has 3 heterocycles. The Hall–Kier alpha value is -4.00. The Morgan fingerprint density at radius 2 is 1.67 bits per heavy atom. The highest BCUT2D eigenvalue weighted by Gasteiger charge is 2.39. The minimum absolute atomic E-state index is 0.0728. The fraction of sp³-hybridized carbons (Fsp3) is 0.231. The van der Waals surface area contributed by atoms with Gasteiger partial charge >= 0.3 is 0 Å². The van der Waals surface area contributed by atoms with Crippen molar-refractivity contribution in [1.82, 2.24) is 4.90 Å². The highest BCUT2D eigenvalue weighted by Crippen LogP contribution is 2.33. The van der Waals surface area contributed by atoms with Crippen LogP contribution in [0.5, 0.6) is 5.75 Å². The van der Waals surface area contributed by atoms with Gasteiger partial charge in [-0.15, -0.1) is 0 Å². The smallest absolute Gasteiger partial charge is 0.278 e. The second-order valence-electron chi connectivity index (χ2n) is 8.12. The Labute approximate surface area is 192 Å². The molecule has 0 bridgehead atoms. The third-order valence-corrected chi connectivity index (χ3v) is 6.05. The number of carbonyl (C=O) groups excluding carboxylic acids is 2. The topological polar surface area (TPSA) is 75.0 Å². The van der Waals surface area contributed by atoms with Gasteiger partial charge in [0.1, 0.15) is 17.2 Å². The third-order valence-electron chi connectivity index (χ3n) is 6.05. The van der Waals surface area contributed by atoms with Crippen molar-refractivity contribution < 1.29 is 18.7 Å². The Balaban J connectivity index is 1.47. The van der Waals surface area contributed by atoms with Crippen LogP contribution < -0.4 is 15.0 Å². The lowest BCUT2D eigenvalue weighted by molar-refractivity contribution is -0.137. The summed E-state index contributed by atoms with van der Waals surface area (Å²) in [6.45, 7) is 2.20. The van der Waals surface area contributed by atoms with E-state index in [9.17, 15) is 9.59 Å². The van der Waals surface area contributed by atoms with Gasteiger partial charge in [-0.25, -0.2) is 0 Å². The monoisotopic (exact) mass is 443 g/mol. The summed E-state index contributed by atoms with van der Waals surface area (Å²) in [5, 5.41) is 3.21. The summed E-state index contributed by atoms with van der Waals surface area (Å²) in [4.78, 5) is 30.2. The molecule has 0 spiro atoms. The van der Waals surface area contributed by atoms with E-state index in [1.165, 1.54) is 24.0 Å². The molecule has 0 atom stereocenters. The quantitative estimate of drug-likeness (QED) is 0.550. The van der Waals surface area contributed by atoms with Crippen molar-refractivity contribution in [1.29, 1.82) is 0 Å². The van der Waals surface area contributed by atoms with E-state index >= 15 is 0 Å². The average Bonchev–Trinajstić information content (AvgIpc) is 3.60. The summed E-state index contributed by atoms with van der Waals surface area (Å²) < 4.78 is 10.6. The van der Waals surface area contributed by atoms with Crippen LogP contribution >= 0.6 is 0 Å². The van der Waals surface area contributed by atoms with Gasteiger partial charge in [-0.2, -0.15) is 0 Å². The summed E-state index contributed by atoms with van der Waals surface area (Å²) in [7, 11) is 1.59. The molecular formula is C26H25N3O4. The molecule has 33 heavy (non-hydrogen) atoms. The van der Waals surface area contributed by atoms with E-state index in [4.69, 9.17) is 9.15 Å². The zero-order valence-corrected chi connectivity index (χ0v) is 18.4. The van der Waals surface area contributed by atoms with Crippen molar-refractivity contribution in [3.05, 3.63) is 83.9 Å². The molecule has 3 aromatic rings. The van der Waals surface area contributed by atoms with E-state index in [0.717, 1.165) is 24.5 Å². The summed E-state index contributed by atoms with van der Waals surface area (Å²) in [5.41, 5.74) is 3.14. The Bertz CT molecular complexity index is 1180. The molecule has 0 radical (unpaired) electrons. The number of methoxy groups -OCH3 is 1. The predicted molar refractivity (Wildman–Crippen MR) is 126 cm³/mol. The number of imide groups is 1. The van der Waals surface area contributed by atoms with Gasteiger partial charge in [-0.1, -0.05) is 12.1 Å². The maximum Gasteiger partial charge on any atom is 0.278 e. The van der Waals surface area contributed by atoms with Gasteiger partial charge in [0.05, 0.1) is 25.5 Å². The molecule has 2 amide bonds. The number of hydrogen-bond donors (Lipinski definition) is 1. The number of rotatable bonds is 7. The van der Waals surface area contributed by atoms with Crippen LogP contribution in [0.3, 0.4) is 0 Å². The fourth-order valence-electron chi connectivity index (χ4n) is 4.29. The predicted octanol–water partition coefficient (Wildman–Crippen LogP) is 4.28. The largest absolute Gasteiger partial charge is 0.497 e. The van der Waals surface area contributed by atoms with E-state index in [1.807, 2.05) is 24.3 Å². The standard InChI is InChI=1S/C26H25N3O4/c1-32-21-12-6-18(7-13-21)23-24(26(31)29(25(23)30)17-22-5-4-16-33-22)27-19-8-10-20(11-9-19)28-14-2-3-15-28/h4-13,16,27H,2-3,14-15,17H2,1H3. The molecular weight excluding hydrogens is 418 g/mol. The number of ether oxygens (including phenoxy) is 1. The molecule has 7 heteroatoms. The Morgan fingerprint density at radius 3 is 2.30 bits per heavy atom. The first kappa shape index (κ1) is 20.9. The number of anilines is 2. The second-order valence-corrected chi connectivity index (χ2v) is 8.12. The lowest BCUT2D eigenvalue weighted by atomic mass is 10.0. The lowest BCUT2D eigenvalue weighted by Gasteiger charge is -2.18. The van der Waals surface area contributed by atoms with Gasteiger partial charge in [0.2, 0.25) is 0 Å². The molecule has 5 rings (SSSR count). The maximum absolute atomic E-state index is 13.4. The minimum Gasteiger partial charge on any atom is -0.497 e. The van der Waals surface area contributed by atoms with Crippen molar-refractivity contribution in [3.8, 4) is 5.75 Å². The molecule has 1 aromatic heterocycles. The molecule has 2 aliphatic rings. The van der Waals surface area contributed by atoms with Crippen molar-refractivity contribution in [3.63, 3.8) is 0 Å². The summed E-state index contributed by atoms with van der Waals surface area (Å²) in [6, 6.07) is 18.6. The van der Waals surface area contributed by atoms with Crippen molar-refractivity contribution in [2.75, 3.05) is 30.4 Å². The summed E-state index contributed by atoms with van der Waals surface area (Å²) in [5.74, 6) is 0.473. The van der Waals surface area contributed by atoms with Gasteiger partial charge in [-0.3, -0.25) is 14.5 Å². The average molecular weight is 444 g/mol.